The summed E-state index contributed by atoms with van der Waals surface area (Å²) in [6, 6.07) is 0.532. The van der Waals surface area contributed by atoms with E-state index >= 15 is 0 Å². The molecular formula is C16H34N2O. The molecule has 1 saturated heterocycles. The first-order valence-corrected chi connectivity index (χ1v) is 8.09. The summed E-state index contributed by atoms with van der Waals surface area (Å²) >= 11 is 0. The standard InChI is InChI=1S/C16H34N2O/c1-5-6-7-8-9-11-16(3,13-17)18(4)15-10-12-19-14(15)2/h14-15H,5-13,17H2,1-4H3. The van der Waals surface area contributed by atoms with Gasteiger partial charge >= 0.3 is 0 Å². The van der Waals surface area contributed by atoms with Crippen molar-refractivity contribution in [3.8, 4) is 0 Å². The summed E-state index contributed by atoms with van der Waals surface area (Å²) in [5.41, 5.74) is 6.20. The Bertz CT molecular complexity index is 247. The molecule has 0 saturated carbocycles. The van der Waals surface area contributed by atoms with Crippen molar-refractivity contribution in [2.45, 2.75) is 83.4 Å². The SMILES string of the molecule is CCCCCCCC(C)(CN)N(C)C1CCOC1C. The first-order chi connectivity index (χ1) is 9.05. The second-order valence-corrected chi connectivity index (χ2v) is 6.41. The van der Waals surface area contributed by atoms with E-state index in [1.165, 1.54) is 38.5 Å². The van der Waals surface area contributed by atoms with Crippen LogP contribution < -0.4 is 5.73 Å². The van der Waals surface area contributed by atoms with Gasteiger partial charge in [-0.1, -0.05) is 39.0 Å². The Morgan fingerprint density at radius 1 is 1.26 bits per heavy atom. The largest absolute Gasteiger partial charge is 0.377 e. The number of rotatable bonds is 9. The number of hydrogen-bond acceptors (Lipinski definition) is 3. The number of likely N-dealkylation sites (N-methyl/N-ethyl adjacent to an activating group) is 1. The number of unbranched alkanes of at least 4 members (excludes halogenated alkanes) is 4. The highest BCUT2D eigenvalue weighted by atomic mass is 16.5. The van der Waals surface area contributed by atoms with E-state index in [2.05, 4.69) is 32.7 Å². The van der Waals surface area contributed by atoms with Crippen molar-refractivity contribution in [2.24, 2.45) is 5.73 Å². The van der Waals surface area contributed by atoms with Crippen LogP contribution in [0.4, 0.5) is 0 Å². The van der Waals surface area contributed by atoms with Crippen molar-refractivity contribution in [2.75, 3.05) is 20.2 Å². The van der Waals surface area contributed by atoms with Crippen LogP contribution in [0.5, 0.6) is 0 Å². The molecule has 0 aliphatic carbocycles. The van der Waals surface area contributed by atoms with Gasteiger partial charge in [-0.15, -0.1) is 0 Å². The lowest BCUT2D eigenvalue weighted by molar-refractivity contribution is 0.0311. The van der Waals surface area contributed by atoms with Gasteiger partial charge in [0.1, 0.15) is 0 Å². The van der Waals surface area contributed by atoms with E-state index in [0.29, 0.717) is 12.1 Å². The van der Waals surface area contributed by atoms with Gasteiger partial charge in [-0.3, -0.25) is 4.90 Å². The van der Waals surface area contributed by atoms with Crippen molar-refractivity contribution < 1.29 is 4.74 Å². The first-order valence-electron chi connectivity index (χ1n) is 8.09. The van der Waals surface area contributed by atoms with E-state index in [0.717, 1.165) is 19.6 Å². The summed E-state index contributed by atoms with van der Waals surface area (Å²) in [5.74, 6) is 0. The molecule has 0 spiro atoms. The van der Waals surface area contributed by atoms with Gasteiger partial charge in [0.2, 0.25) is 0 Å². The van der Waals surface area contributed by atoms with Crippen LogP contribution in [0.15, 0.2) is 0 Å². The zero-order chi connectivity index (χ0) is 14.3. The van der Waals surface area contributed by atoms with Gasteiger partial charge in [-0.05, 0) is 33.7 Å². The van der Waals surface area contributed by atoms with Crippen LogP contribution in [-0.2, 0) is 4.74 Å². The van der Waals surface area contributed by atoms with Crippen molar-refractivity contribution in [3.63, 3.8) is 0 Å². The zero-order valence-electron chi connectivity index (χ0n) is 13.5. The van der Waals surface area contributed by atoms with Crippen LogP contribution in [0.2, 0.25) is 0 Å². The molecule has 114 valence electrons. The minimum Gasteiger partial charge on any atom is -0.377 e. The predicted octanol–water partition coefficient (Wildman–Crippen LogP) is 3.17. The van der Waals surface area contributed by atoms with Crippen LogP contribution >= 0.6 is 0 Å². The normalized spacial score (nSPS) is 26.8. The summed E-state index contributed by atoms with van der Waals surface area (Å²) in [6.07, 6.45) is 9.36. The van der Waals surface area contributed by atoms with Crippen LogP contribution in [0, 0.1) is 0 Å². The lowest BCUT2D eigenvalue weighted by Gasteiger charge is -2.43. The Morgan fingerprint density at radius 2 is 1.95 bits per heavy atom. The van der Waals surface area contributed by atoms with Gasteiger partial charge < -0.3 is 10.5 Å². The molecule has 3 heteroatoms. The van der Waals surface area contributed by atoms with Gasteiger partial charge in [-0.25, -0.2) is 0 Å². The predicted molar refractivity (Wildman–Crippen MR) is 82.4 cm³/mol. The fourth-order valence-electron chi connectivity index (χ4n) is 3.16. The zero-order valence-corrected chi connectivity index (χ0v) is 13.5. The van der Waals surface area contributed by atoms with Crippen LogP contribution in [-0.4, -0.2) is 42.8 Å². The van der Waals surface area contributed by atoms with Gasteiger partial charge in [0.25, 0.3) is 0 Å². The molecule has 0 radical (unpaired) electrons. The molecule has 0 bridgehead atoms. The minimum absolute atomic E-state index is 0.124. The van der Waals surface area contributed by atoms with Crippen molar-refractivity contribution in [1.82, 2.24) is 4.90 Å². The Morgan fingerprint density at radius 3 is 2.47 bits per heavy atom. The Kier molecular flexibility index (Phi) is 7.33. The van der Waals surface area contributed by atoms with E-state index in [1.54, 1.807) is 0 Å². The second-order valence-electron chi connectivity index (χ2n) is 6.41. The van der Waals surface area contributed by atoms with Crippen LogP contribution in [0.1, 0.15) is 65.7 Å². The topological polar surface area (TPSA) is 38.5 Å². The molecule has 3 nitrogen and oxygen atoms in total. The molecule has 0 amide bonds. The molecule has 1 fully saturated rings. The molecule has 0 aromatic rings. The van der Waals surface area contributed by atoms with Gasteiger partial charge in [0, 0.05) is 24.7 Å². The fourth-order valence-corrected chi connectivity index (χ4v) is 3.16. The average Bonchev–Trinajstić information content (AvgIpc) is 2.83. The number of hydrogen-bond donors (Lipinski definition) is 1. The van der Waals surface area contributed by atoms with Crippen molar-refractivity contribution >= 4 is 0 Å². The van der Waals surface area contributed by atoms with Gasteiger partial charge in [-0.2, -0.15) is 0 Å². The Balaban J connectivity index is 2.43. The van der Waals surface area contributed by atoms with Gasteiger partial charge in [0.15, 0.2) is 0 Å². The molecule has 3 atom stereocenters. The Hall–Kier alpha value is -0.120. The molecule has 0 aromatic heterocycles. The minimum atomic E-state index is 0.124. The van der Waals surface area contributed by atoms with E-state index in [1.807, 2.05) is 0 Å². The summed E-state index contributed by atoms with van der Waals surface area (Å²) in [5, 5.41) is 0. The third kappa shape index (κ3) is 4.73. The van der Waals surface area contributed by atoms with Crippen LogP contribution in [0.3, 0.4) is 0 Å². The molecule has 2 N–H and O–H groups in total. The van der Waals surface area contributed by atoms with E-state index in [4.69, 9.17) is 10.5 Å². The maximum Gasteiger partial charge on any atom is 0.0703 e. The molecular weight excluding hydrogens is 236 g/mol. The number of nitrogens with two attached hydrogens (primary N) is 1. The quantitative estimate of drug-likeness (QED) is 0.654. The van der Waals surface area contributed by atoms with Crippen LogP contribution in [0.25, 0.3) is 0 Å². The number of nitrogens with zero attached hydrogens (tertiary/aromatic N) is 1. The highest BCUT2D eigenvalue weighted by Gasteiger charge is 2.37. The van der Waals surface area contributed by atoms with Gasteiger partial charge in [0.05, 0.1) is 6.10 Å². The molecule has 1 aliphatic heterocycles. The van der Waals surface area contributed by atoms with E-state index in [-0.39, 0.29) is 5.54 Å². The molecule has 1 heterocycles. The second kappa shape index (κ2) is 8.23. The molecule has 1 rings (SSSR count). The summed E-state index contributed by atoms with van der Waals surface area (Å²) in [4.78, 5) is 2.49. The third-order valence-corrected chi connectivity index (χ3v) is 4.94. The summed E-state index contributed by atoms with van der Waals surface area (Å²) in [7, 11) is 2.23. The molecule has 19 heavy (non-hydrogen) atoms. The number of ether oxygens (including phenoxy) is 1. The highest BCUT2D eigenvalue weighted by Crippen LogP contribution is 2.28. The maximum absolute atomic E-state index is 6.08. The molecule has 0 aromatic carbocycles. The molecule has 3 unspecified atom stereocenters. The fraction of sp³-hybridized carbons (Fsp3) is 1.00. The average molecular weight is 270 g/mol. The highest BCUT2D eigenvalue weighted by molar-refractivity contribution is 4.93. The lowest BCUT2D eigenvalue weighted by Crippen LogP contribution is -2.55. The van der Waals surface area contributed by atoms with Crippen molar-refractivity contribution in [3.05, 3.63) is 0 Å². The summed E-state index contributed by atoms with van der Waals surface area (Å²) in [6.45, 7) is 8.40. The van der Waals surface area contributed by atoms with Crippen molar-refractivity contribution in [1.29, 1.82) is 0 Å². The van der Waals surface area contributed by atoms with E-state index in [9.17, 15) is 0 Å². The lowest BCUT2D eigenvalue weighted by atomic mass is 9.90. The first kappa shape index (κ1) is 16.9. The summed E-state index contributed by atoms with van der Waals surface area (Å²) < 4.78 is 5.70. The molecule has 1 aliphatic rings. The third-order valence-electron chi connectivity index (χ3n) is 4.94. The maximum atomic E-state index is 6.08. The smallest absolute Gasteiger partial charge is 0.0703 e. The van der Waals surface area contributed by atoms with E-state index < -0.39 is 0 Å². The Labute approximate surface area is 119 Å². The monoisotopic (exact) mass is 270 g/mol.